The van der Waals surface area contributed by atoms with Crippen LogP contribution in [0.2, 0.25) is 0 Å². The van der Waals surface area contributed by atoms with Gasteiger partial charge in [-0.15, -0.1) is 0 Å². The van der Waals surface area contributed by atoms with Crippen LogP contribution in [-0.2, 0) is 14.8 Å². The highest BCUT2D eigenvalue weighted by molar-refractivity contribution is 7.92. The number of para-hydroxylation sites is 2. The maximum absolute atomic E-state index is 12.6. The van der Waals surface area contributed by atoms with Gasteiger partial charge in [0.2, 0.25) is 15.9 Å². The third-order valence-corrected chi connectivity index (χ3v) is 5.69. The number of carbonyl (C=O) groups is 1. The molecular formula is C20H24N2O5S. The minimum atomic E-state index is -3.64. The van der Waals surface area contributed by atoms with Crippen LogP contribution in [0.25, 0.3) is 0 Å². The van der Waals surface area contributed by atoms with E-state index in [1.54, 1.807) is 25.1 Å². The van der Waals surface area contributed by atoms with Crippen LogP contribution in [0.4, 0.5) is 5.69 Å². The summed E-state index contributed by atoms with van der Waals surface area (Å²) in [6.45, 7) is 3.99. The molecule has 2 aromatic carbocycles. The third kappa shape index (κ3) is 4.56. The lowest BCUT2D eigenvalue weighted by Gasteiger charge is -2.30. The number of fused-ring (bicyclic) bond motifs is 1. The van der Waals surface area contributed by atoms with Gasteiger partial charge < -0.3 is 14.8 Å². The minimum absolute atomic E-state index is 0.211. The Morgan fingerprint density at radius 3 is 2.46 bits per heavy atom. The topological polar surface area (TPSA) is 84.9 Å². The van der Waals surface area contributed by atoms with Gasteiger partial charge in [-0.3, -0.25) is 9.10 Å². The van der Waals surface area contributed by atoms with E-state index in [4.69, 9.17) is 9.47 Å². The number of aryl methyl sites for hydroxylation is 1. The molecule has 0 spiro atoms. The second kappa shape index (κ2) is 8.10. The van der Waals surface area contributed by atoms with E-state index in [1.165, 1.54) is 0 Å². The van der Waals surface area contributed by atoms with Crippen molar-refractivity contribution >= 4 is 21.6 Å². The Morgan fingerprint density at radius 1 is 1.18 bits per heavy atom. The van der Waals surface area contributed by atoms with Crippen LogP contribution in [0.1, 0.15) is 12.5 Å². The highest BCUT2D eigenvalue weighted by atomic mass is 32.2. The van der Waals surface area contributed by atoms with Gasteiger partial charge in [0.05, 0.1) is 18.5 Å². The lowest BCUT2D eigenvalue weighted by Crippen LogP contribution is -2.50. The fourth-order valence-electron chi connectivity index (χ4n) is 3.03. The minimum Gasteiger partial charge on any atom is -0.486 e. The maximum atomic E-state index is 12.6. The van der Waals surface area contributed by atoms with E-state index in [9.17, 15) is 13.2 Å². The van der Waals surface area contributed by atoms with Gasteiger partial charge in [0.1, 0.15) is 18.8 Å². The molecule has 1 aliphatic rings. The van der Waals surface area contributed by atoms with Crippen LogP contribution >= 0.6 is 0 Å². The summed E-state index contributed by atoms with van der Waals surface area (Å²) in [6.07, 6.45) is 0.739. The van der Waals surface area contributed by atoms with Crippen molar-refractivity contribution in [2.45, 2.75) is 26.0 Å². The standard InChI is InChI=1S/C20H24N2O5S/c1-14-8-10-16(11-9-14)22(28(3,24)25)15(2)20(23)21-12-17-13-26-18-6-4-5-7-19(18)27-17/h4-11,15,17H,12-13H2,1-3H3,(H,21,23)/t15-,17-/m1/s1. The molecule has 2 atom stereocenters. The van der Waals surface area contributed by atoms with Crippen molar-refractivity contribution in [3.05, 3.63) is 54.1 Å². The van der Waals surface area contributed by atoms with Crippen molar-refractivity contribution in [3.8, 4) is 11.5 Å². The summed E-state index contributed by atoms with van der Waals surface area (Å²) in [6, 6.07) is 13.4. The monoisotopic (exact) mass is 404 g/mol. The molecule has 28 heavy (non-hydrogen) atoms. The fourth-order valence-corrected chi connectivity index (χ4v) is 4.20. The molecule has 0 saturated heterocycles. The van der Waals surface area contributed by atoms with Gasteiger partial charge in [-0.05, 0) is 38.1 Å². The zero-order chi connectivity index (χ0) is 20.3. The molecule has 0 radical (unpaired) electrons. The fraction of sp³-hybridized carbons (Fsp3) is 0.350. The molecular weight excluding hydrogens is 380 g/mol. The van der Waals surface area contributed by atoms with Crippen molar-refractivity contribution < 1.29 is 22.7 Å². The molecule has 3 rings (SSSR count). The molecule has 8 heteroatoms. The van der Waals surface area contributed by atoms with Crippen molar-refractivity contribution in [3.63, 3.8) is 0 Å². The van der Waals surface area contributed by atoms with Gasteiger partial charge in [-0.1, -0.05) is 29.8 Å². The zero-order valence-corrected chi connectivity index (χ0v) is 16.9. The molecule has 1 N–H and O–H groups in total. The average molecular weight is 404 g/mol. The van der Waals surface area contributed by atoms with Crippen LogP contribution in [0.5, 0.6) is 11.5 Å². The Labute approximate surface area is 165 Å². The Bertz CT molecular complexity index is 943. The summed E-state index contributed by atoms with van der Waals surface area (Å²) in [7, 11) is -3.64. The quantitative estimate of drug-likeness (QED) is 0.797. The summed E-state index contributed by atoms with van der Waals surface area (Å²) >= 11 is 0. The van der Waals surface area contributed by atoms with Gasteiger partial charge in [0.25, 0.3) is 0 Å². The molecule has 0 aromatic heterocycles. The van der Waals surface area contributed by atoms with Crippen LogP contribution < -0.4 is 19.1 Å². The molecule has 0 fully saturated rings. The summed E-state index contributed by atoms with van der Waals surface area (Å²) in [4.78, 5) is 12.6. The number of ether oxygens (including phenoxy) is 2. The number of carbonyl (C=O) groups excluding carboxylic acids is 1. The SMILES string of the molecule is Cc1ccc(N([C@H](C)C(=O)NC[C@@H]2COc3ccccc3O2)S(C)(=O)=O)cc1. The van der Waals surface area contributed by atoms with Crippen LogP contribution in [0.3, 0.4) is 0 Å². The van der Waals surface area contributed by atoms with E-state index in [-0.39, 0.29) is 12.6 Å². The lowest BCUT2D eigenvalue weighted by molar-refractivity contribution is -0.122. The highest BCUT2D eigenvalue weighted by Crippen LogP contribution is 2.30. The maximum Gasteiger partial charge on any atom is 0.243 e. The van der Waals surface area contributed by atoms with E-state index in [1.807, 2.05) is 37.3 Å². The molecule has 2 aromatic rings. The molecule has 0 bridgehead atoms. The van der Waals surface area contributed by atoms with E-state index in [0.717, 1.165) is 16.1 Å². The number of rotatable bonds is 6. The molecule has 1 heterocycles. The normalized spacial score (nSPS) is 16.9. The predicted molar refractivity (Wildman–Crippen MR) is 107 cm³/mol. The van der Waals surface area contributed by atoms with E-state index in [2.05, 4.69) is 5.32 Å². The van der Waals surface area contributed by atoms with E-state index < -0.39 is 22.0 Å². The number of sulfonamides is 1. The Balaban J connectivity index is 1.66. The van der Waals surface area contributed by atoms with Crippen molar-refractivity contribution in [1.29, 1.82) is 0 Å². The largest absolute Gasteiger partial charge is 0.486 e. The van der Waals surface area contributed by atoms with E-state index >= 15 is 0 Å². The van der Waals surface area contributed by atoms with Gasteiger partial charge in [-0.25, -0.2) is 8.42 Å². The number of benzene rings is 2. The third-order valence-electron chi connectivity index (χ3n) is 4.45. The van der Waals surface area contributed by atoms with Gasteiger partial charge in [0, 0.05) is 0 Å². The molecule has 7 nitrogen and oxygen atoms in total. The number of nitrogens with zero attached hydrogens (tertiary/aromatic N) is 1. The Morgan fingerprint density at radius 2 is 1.82 bits per heavy atom. The molecule has 0 aliphatic carbocycles. The summed E-state index contributed by atoms with van der Waals surface area (Å²) in [5.74, 6) is 0.882. The number of anilines is 1. The molecule has 150 valence electrons. The number of amides is 1. The van der Waals surface area contributed by atoms with Crippen LogP contribution in [0.15, 0.2) is 48.5 Å². The average Bonchev–Trinajstić information content (AvgIpc) is 2.66. The lowest BCUT2D eigenvalue weighted by atomic mass is 10.2. The highest BCUT2D eigenvalue weighted by Gasteiger charge is 2.30. The van der Waals surface area contributed by atoms with Gasteiger partial charge in [0.15, 0.2) is 11.5 Å². The Hall–Kier alpha value is -2.74. The van der Waals surface area contributed by atoms with Crippen molar-refractivity contribution in [1.82, 2.24) is 5.32 Å². The molecule has 0 saturated carbocycles. The number of hydrogen-bond acceptors (Lipinski definition) is 5. The first-order valence-electron chi connectivity index (χ1n) is 8.98. The first-order chi connectivity index (χ1) is 13.3. The smallest absolute Gasteiger partial charge is 0.243 e. The number of nitrogens with one attached hydrogen (secondary N) is 1. The van der Waals surface area contributed by atoms with Crippen LogP contribution in [-0.4, -0.2) is 45.9 Å². The molecule has 0 unspecified atom stereocenters. The second-order valence-electron chi connectivity index (χ2n) is 6.81. The second-order valence-corrected chi connectivity index (χ2v) is 8.67. The predicted octanol–water partition coefficient (Wildman–Crippen LogP) is 2.11. The van der Waals surface area contributed by atoms with Gasteiger partial charge in [-0.2, -0.15) is 0 Å². The molecule has 1 aliphatic heterocycles. The molecule has 1 amide bonds. The summed E-state index contributed by atoms with van der Waals surface area (Å²) in [5, 5.41) is 2.77. The summed E-state index contributed by atoms with van der Waals surface area (Å²) in [5.41, 5.74) is 1.45. The first-order valence-corrected chi connectivity index (χ1v) is 10.8. The first kappa shape index (κ1) is 20.0. The summed E-state index contributed by atoms with van der Waals surface area (Å²) < 4.78 is 37.2. The Kier molecular flexibility index (Phi) is 5.79. The van der Waals surface area contributed by atoms with Crippen molar-refractivity contribution in [2.24, 2.45) is 0 Å². The van der Waals surface area contributed by atoms with Crippen LogP contribution in [0, 0.1) is 6.92 Å². The van der Waals surface area contributed by atoms with Gasteiger partial charge >= 0.3 is 0 Å². The number of hydrogen-bond donors (Lipinski definition) is 1. The zero-order valence-electron chi connectivity index (χ0n) is 16.1. The van der Waals surface area contributed by atoms with Crippen molar-refractivity contribution in [2.75, 3.05) is 23.7 Å². The van der Waals surface area contributed by atoms with E-state index in [0.29, 0.717) is 23.8 Å².